The molecule has 0 bridgehead atoms. The smallest absolute Gasteiger partial charge is 0.322 e. The maximum Gasteiger partial charge on any atom is 0.322 e. The molecule has 0 fully saturated rings. The van der Waals surface area contributed by atoms with Crippen molar-refractivity contribution in [3.05, 3.63) is 65.7 Å². The van der Waals surface area contributed by atoms with Gasteiger partial charge in [-0.15, -0.1) is 0 Å². The van der Waals surface area contributed by atoms with Crippen LogP contribution in [0.4, 0.5) is 4.79 Å². The van der Waals surface area contributed by atoms with Gasteiger partial charge in [-0.05, 0) is 37.0 Å². The van der Waals surface area contributed by atoms with Crippen molar-refractivity contribution in [3.8, 4) is 22.9 Å². The number of allylic oxidation sites excluding steroid dienone is 1. The normalized spacial score (nSPS) is 16.1. The highest BCUT2D eigenvalue weighted by Crippen LogP contribution is 2.40. The topological polar surface area (TPSA) is 89.7 Å². The number of hydrogen-bond donors (Lipinski definition) is 1. The first-order valence-corrected chi connectivity index (χ1v) is 11.3. The minimum absolute atomic E-state index is 0.163. The Labute approximate surface area is 199 Å². The van der Waals surface area contributed by atoms with Crippen molar-refractivity contribution in [3.63, 3.8) is 0 Å². The Balaban J connectivity index is 1.81. The van der Waals surface area contributed by atoms with Crippen molar-refractivity contribution in [2.45, 2.75) is 33.2 Å². The van der Waals surface area contributed by atoms with Crippen LogP contribution in [0.2, 0.25) is 0 Å². The standard InChI is InChI=1S/C26H30N4O4/c1-16(2)13-14-30-17(3)22(25-28-24(29-34-25)18-9-7-6-8-10-18)23(27-26(30)31)19-11-12-20(32-4)21(15-19)33-5/h6-12,15-16,23H,13-14H2,1-5H3,(H,27,31). The van der Waals surface area contributed by atoms with Crippen LogP contribution in [-0.4, -0.2) is 41.8 Å². The fourth-order valence-electron chi connectivity index (χ4n) is 4.03. The number of hydrogen-bond acceptors (Lipinski definition) is 6. The van der Waals surface area contributed by atoms with Gasteiger partial charge < -0.3 is 19.3 Å². The largest absolute Gasteiger partial charge is 0.493 e. The molecule has 1 N–H and O–H groups in total. The van der Waals surface area contributed by atoms with E-state index in [1.165, 1.54) is 0 Å². The summed E-state index contributed by atoms with van der Waals surface area (Å²) < 4.78 is 16.6. The molecule has 1 aliphatic rings. The Morgan fingerprint density at radius 3 is 2.50 bits per heavy atom. The lowest BCUT2D eigenvalue weighted by molar-refractivity contribution is 0.202. The Kier molecular flexibility index (Phi) is 6.86. The summed E-state index contributed by atoms with van der Waals surface area (Å²) in [5.74, 6) is 2.50. The molecule has 4 rings (SSSR count). The number of carbonyl (C=O) groups is 1. The summed E-state index contributed by atoms with van der Waals surface area (Å²) in [7, 11) is 3.17. The van der Waals surface area contributed by atoms with Crippen LogP contribution in [0.25, 0.3) is 17.0 Å². The third kappa shape index (κ3) is 4.62. The number of nitrogens with zero attached hydrogens (tertiary/aromatic N) is 3. The van der Waals surface area contributed by atoms with Crippen LogP contribution < -0.4 is 14.8 Å². The molecule has 0 radical (unpaired) electrons. The molecule has 2 aromatic carbocycles. The van der Waals surface area contributed by atoms with Crippen molar-refractivity contribution in [1.82, 2.24) is 20.4 Å². The second-order valence-electron chi connectivity index (χ2n) is 8.62. The van der Waals surface area contributed by atoms with E-state index in [9.17, 15) is 4.79 Å². The minimum Gasteiger partial charge on any atom is -0.493 e. The first-order valence-electron chi connectivity index (χ1n) is 11.3. The molecule has 3 aromatic rings. The molecular weight excluding hydrogens is 432 g/mol. The first-order chi connectivity index (χ1) is 16.4. The van der Waals surface area contributed by atoms with Gasteiger partial charge in [-0.25, -0.2) is 4.79 Å². The van der Waals surface area contributed by atoms with E-state index >= 15 is 0 Å². The Bertz CT molecular complexity index is 1190. The van der Waals surface area contributed by atoms with E-state index in [2.05, 4.69) is 24.3 Å². The second-order valence-corrected chi connectivity index (χ2v) is 8.62. The SMILES string of the molecule is COc1ccc(C2NC(=O)N(CCC(C)C)C(C)=C2c2nc(-c3ccccc3)no2)cc1OC. The number of benzene rings is 2. The zero-order valence-corrected chi connectivity index (χ0v) is 20.2. The van der Waals surface area contributed by atoms with Crippen molar-refractivity contribution in [2.75, 3.05) is 20.8 Å². The molecule has 0 saturated carbocycles. The fourth-order valence-corrected chi connectivity index (χ4v) is 4.03. The van der Waals surface area contributed by atoms with E-state index in [0.717, 1.165) is 28.8 Å². The molecular formula is C26H30N4O4. The number of urea groups is 1. The predicted molar refractivity (Wildman–Crippen MR) is 129 cm³/mol. The molecule has 8 nitrogen and oxygen atoms in total. The van der Waals surface area contributed by atoms with Crippen LogP contribution in [-0.2, 0) is 0 Å². The predicted octanol–water partition coefficient (Wildman–Crippen LogP) is 5.30. The van der Waals surface area contributed by atoms with Crippen LogP contribution in [0, 0.1) is 5.92 Å². The number of rotatable bonds is 8. The van der Waals surface area contributed by atoms with Gasteiger partial charge >= 0.3 is 6.03 Å². The molecule has 1 aromatic heterocycles. The monoisotopic (exact) mass is 462 g/mol. The maximum absolute atomic E-state index is 13.1. The van der Waals surface area contributed by atoms with Gasteiger partial charge in [0.25, 0.3) is 5.89 Å². The lowest BCUT2D eigenvalue weighted by Gasteiger charge is -2.35. The lowest BCUT2D eigenvalue weighted by atomic mass is 9.94. The van der Waals surface area contributed by atoms with E-state index in [0.29, 0.717) is 35.7 Å². The van der Waals surface area contributed by atoms with Crippen molar-refractivity contribution in [2.24, 2.45) is 5.92 Å². The molecule has 8 heteroatoms. The van der Waals surface area contributed by atoms with Gasteiger partial charge in [0.1, 0.15) is 0 Å². The summed E-state index contributed by atoms with van der Waals surface area (Å²) in [4.78, 5) is 19.6. The Hall–Kier alpha value is -3.81. The summed E-state index contributed by atoms with van der Waals surface area (Å²) in [6, 6.07) is 14.6. The summed E-state index contributed by atoms with van der Waals surface area (Å²) in [6.07, 6.45) is 0.873. The van der Waals surface area contributed by atoms with E-state index < -0.39 is 6.04 Å². The molecule has 1 atom stereocenters. The average molecular weight is 463 g/mol. The van der Waals surface area contributed by atoms with Crippen LogP contribution in [0.15, 0.2) is 58.8 Å². The van der Waals surface area contributed by atoms with Gasteiger partial charge in [0.05, 0.1) is 25.8 Å². The van der Waals surface area contributed by atoms with Crippen molar-refractivity contribution >= 4 is 11.6 Å². The van der Waals surface area contributed by atoms with Crippen LogP contribution >= 0.6 is 0 Å². The van der Waals surface area contributed by atoms with Crippen LogP contribution in [0.1, 0.15) is 44.7 Å². The Morgan fingerprint density at radius 2 is 1.82 bits per heavy atom. The highest BCUT2D eigenvalue weighted by molar-refractivity contribution is 5.87. The van der Waals surface area contributed by atoms with Gasteiger partial charge in [-0.2, -0.15) is 4.98 Å². The first kappa shape index (κ1) is 23.4. The zero-order valence-electron chi connectivity index (χ0n) is 20.2. The lowest BCUT2D eigenvalue weighted by Crippen LogP contribution is -2.46. The van der Waals surface area contributed by atoms with Crippen molar-refractivity contribution in [1.29, 1.82) is 0 Å². The minimum atomic E-state index is -0.494. The van der Waals surface area contributed by atoms with Crippen molar-refractivity contribution < 1.29 is 18.8 Å². The number of carbonyl (C=O) groups excluding carboxylic acids is 1. The van der Waals surface area contributed by atoms with Gasteiger partial charge in [0.2, 0.25) is 5.82 Å². The summed E-state index contributed by atoms with van der Waals surface area (Å²) in [5, 5.41) is 7.34. The molecule has 0 spiro atoms. The van der Waals surface area contributed by atoms with Crippen LogP contribution in [0.3, 0.4) is 0 Å². The van der Waals surface area contributed by atoms with Gasteiger partial charge in [0, 0.05) is 17.8 Å². The van der Waals surface area contributed by atoms with Crippen LogP contribution in [0.5, 0.6) is 11.5 Å². The third-order valence-corrected chi connectivity index (χ3v) is 5.96. The number of ether oxygens (including phenoxy) is 2. The maximum atomic E-state index is 13.1. The number of methoxy groups -OCH3 is 2. The van der Waals surface area contributed by atoms with Gasteiger partial charge in [0.15, 0.2) is 11.5 Å². The number of amides is 2. The van der Waals surface area contributed by atoms with E-state index in [4.69, 9.17) is 19.0 Å². The summed E-state index contributed by atoms with van der Waals surface area (Å²) in [6.45, 7) is 6.79. The number of aromatic nitrogens is 2. The quantitative estimate of drug-likeness (QED) is 0.489. The van der Waals surface area contributed by atoms with Gasteiger partial charge in [-0.3, -0.25) is 4.90 Å². The van der Waals surface area contributed by atoms with Gasteiger partial charge in [-0.1, -0.05) is 55.4 Å². The zero-order chi connectivity index (χ0) is 24.2. The molecule has 1 unspecified atom stereocenters. The molecule has 0 aliphatic carbocycles. The molecule has 2 heterocycles. The fraction of sp³-hybridized carbons (Fsp3) is 0.346. The molecule has 178 valence electrons. The average Bonchev–Trinajstić information content (AvgIpc) is 3.33. The Morgan fingerprint density at radius 1 is 1.09 bits per heavy atom. The third-order valence-electron chi connectivity index (χ3n) is 5.96. The molecule has 34 heavy (non-hydrogen) atoms. The van der Waals surface area contributed by atoms with E-state index in [-0.39, 0.29) is 6.03 Å². The molecule has 2 amide bonds. The summed E-state index contributed by atoms with van der Waals surface area (Å²) in [5.41, 5.74) is 3.22. The highest BCUT2D eigenvalue weighted by Gasteiger charge is 2.36. The van der Waals surface area contributed by atoms with E-state index in [1.54, 1.807) is 19.1 Å². The molecule has 0 saturated heterocycles. The number of nitrogens with one attached hydrogen (secondary N) is 1. The summed E-state index contributed by atoms with van der Waals surface area (Å²) >= 11 is 0. The van der Waals surface area contributed by atoms with E-state index in [1.807, 2.05) is 55.5 Å². The molecule has 1 aliphatic heterocycles. The highest BCUT2D eigenvalue weighted by atomic mass is 16.5. The second kappa shape index (κ2) is 9.99.